The van der Waals surface area contributed by atoms with Crippen molar-refractivity contribution < 1.29 is 4.79 Å². The first-order valence-corrected chi connectivity index (χ1v) is 6.42. The number of hydrogen-bond donors (Lipinski definition) is 2. The lowest BCUT2D eigenvalue weighted by Crippen LogP contribution is -2.34. The molecule has 1 heterocycles. The average molecular weight is 242 g/mol. The molecule has 0 aliphatic carbocycles. The molecule has 2 unspecified atom stereocenters. The van der Waals surface area contributed by atoms with Gasteiger partial charge in [0.2, 0.25) is 5.91 Å². The number of unbranched alkanes of at least 4 members (excludes halogenated alkanes) is 1. The van der Waals surface area contributed by atoms with Crippen LogP contribution in [0.25, 0.3) is 0 Å². The predicted octanol–water partition coefficient (Wildman–Crippen LogP) is 0.0285. The van der Waals surface area contributed by atoms with E-state index in [1.165, 1.54) is 6.54 Å². The van der Waals surface area contributed by atoms with E-state index < -0.39 is 0 Å². The Morgan fingerprint density at radius 1 is 1.41 bits per heavy atom. The summed E-state index contributed by atoms with van der Waals surface area (Å²) in [7, 11) is 4.30. The lowest BCUT2D eigenvalue weighted by molar-refractivity contribution is -0.121. The molecule has 0 aromatic heterocycles. The Kier molecular flexibility index (Phi) is 5.88. The predicted molar refractivity (Wildman–Crippen MR) is 69.3 cm³/mol. The molecule has 0 radical (unpaired) electrons. The Balaban J connectivity index is 2.15. The van der Waals surface area contributed by atoms with E-state index in [0.717, 1.165) is 31.8 Å². The topological polar surface area (TPSA) is 61.6 Å². The van der Waals surface area contributed by atoms with E-state index in [0.29, 0.717) is 12.5 Å². The molecule has 0 bridgehead atoms. The highest BCUT2D eigenvalue weighted by Crippen LogP contribution is 2.20. The standard InChI is InChI=1S/C12H26N4O/c1-10-8-16(9-11(10)15(2)3)7-5-4-6-12(17)14-13/h10-11H,4-9,13H2,1-3H3,(H,14,17). The van der Waals surface area contributed by atoms with E-state index in [2.05, 4.69) is 36.2 Å². The minimum Gasteiger partial charge on any atom is -0.305 e. The highest BCUT2D eigenvalue weighted by Gasteiger charge is 2.30. The number of likely N-dealkylation sites (N-methyl/N-ethyl adjacent to an activating group) is 1. The third-order valence-electron chi connectivity index (χ3n) is 3.60. The molecule has 1 rings (SSSR count). The van der Waals surface area contributed by atoms with Gasteiger partial charge in [-0.05, 0) is 39.4 Å². The molecule has 1 aliphatic rings. The van der Waals surface area contributed by atoms with Crippen molar-refractivity contribution in [1.82, 2.24) is 15.2 Å². The number of likely N-dealkylation sites (tertiary alicyclic amines) is 1. The smallest absolute Gasteiger partial charge is 0.233 e. The maximum Gasteiger partial charge on any atom is 0.233 e. The molecule has 0 aromatic carbocycles. The summed E-state index contributed by atoms with van der Waals surface area (Å²) in [6, 6.07) is 0.669. The Bertz CT molecular complexity index is 245. The number of nitrogens with one attached hydrogen (secondary N) is 1. The van der Waals surface area contributed by atoms with Crippen LogP contribution >= 0.6 is 0 Å². The molecule has 1 saturated heterocycles. The monoisotopic (exact) mass is 242 g/mol. The van der Waals surface area contributed by atoms with Gasteiger partial charge in [0.1, 0.15) is 0 Å². The van der Waals surface area contributed by atoms with Crippen molar-refractivity contribution in [3.63, 3.8) is 0 Å². The van der Waals surface area contributed by atoms with Crippen LogP contribution in [0, 0.1) is 5.92 Å². The minimum atomic E-state index is -0.0639. The van der Waals surface area contributed by atoms with E-state index in [1.807, 2.05) is 0 Å². The first-order chi connectivity index (χ1) is 8.04. The molecule has 5 heteroatoms. The fraction of sp³-hybridized carbons (Fsp3) is 0.917. The molecule has 3 N–H and O–H groups in total. The first kappa shape index (κ1) is 14.4. The molecule has 1 fully saturated rings. The Labute approximate surface area is 104 Å². The van der Waals surface area contributed by atoms with E-state index in [9.17, 15) is 4.79 Å². The van der Waals surface area contributed by atoms with Crippen molar-refractivity contribution in [2.24, 2.45) is 11.8 Å². The van der Waals surface area contributed by atoms with Gasteiger partial charge in [0.15, 0.2) is 0 Å². The van der Waals surface area contributed by atoms with Crippen LogP contribution in [0.1, 0.15) is 26.2 Å². The van der Waals surface area contributed by atoms with Crippen LogP contribution in [0.2, 0.25) is 0 Å². The van der Waals surface area contributed by atoms with Crippen LogP contribution in [0.15, 0.2) is 0 Å². The second-order valence-electron chi connectivity index (χ2n) is 5.29. The molecule has 2 atom stereocenters. The molecular formula is C12H26N4O. The Morgan fingerprint density at radius 3 is 2.65 bits per heavy atom. The number of hydrogen-bond acceptors (Lipinski definition) is 4. The third-order valence-corrected chi connectivity index (χ3v) is 3.60. The first-order valence-electron chi connectivity index (χ1n) is 6.42. The lowest BCUT2D eigenvalue weighted by atomic mass is 10.1. The molecule has 0 aromatic rings. The number of carbonyl (C=O) groups excluding carboxylic acids is 1. The number of rotatable bonds is 6. The van der Waals surface area contributed by atoms with Crippen LogP contribution in [0.4, 0.5) is 0 Å². The van der Waals surface area contributed by atoms with Gasteiger partial charge < -0.3 is 9.80 Å². The van der Waals surface area contributed by atoms with Gasteiger partial charge in [0, 0.05) is 25.6 Å². The van der Waals surface area contributed by atoms with Crippen LogP contribution in [-0.4, -0.2) is 55.5 Å². The molecular weight excluding hydrogens is 216 g/mol. The minimum absolute atomic E-state index is 0.0639. The van der Waals surface area contributed by atoms with Gasteiger partial charge in [-0.25, -0.2) is 5.84 Å². The third kappa shape index (κ3) is 4.61. The molecule has 1 amide bonds. The molecule has 0 spiro atoms. The van der Waals surface area contributed by atoms with Crippen molar-refractivity contribution in [1.29, 1.82) is 0 Å². The van der Waals surface area contributed by atoms with Crippen LogP contribution in [0.3, 0.4) is 0 Å². The quantitative estimate of drug-likeness (QED) is 0.298. The Hall–Kier alpha value is -0.650. The zero-order valence-electron chi connectivity index (χ0n) is 11.3. The van der Waals surface area contributed by atoms with Crippen molar-refractivity contribution in [2.45, 2.75) is 32.2 Å². The van der Waals surface area contributed by atoms with Crippen molar-refractivity contribution in [2.75, 3.05) is 33.7 Å². The Morgan fingerprint density at radius 2 is 2.12 bits per heavy atom. The van der Waals surface area contributed by atoms with E-state index in [4.69, 9.17) is 5.84 Å². The zero-order chi connectivity index (χ0) is 12.8. The largest absolute Gasteiger partial charge is 0.305 e. The summed E-state index contributed by atoms with van der Waals surface area (Å²) in [5, 5.41) is 0. The fourth-order valence-electron chi connectivity index (χ4n) is 2.60. The summed E-state index contributed by atoms with van der Waals surface area (Å²) >= 11 is 0. The van der Waals surface area contributed by atoms with Crippen molar-refractivity contribution in [3.8, 4) is 0 Å². The SMILES string of the molecule is CC1CN(CCCCC(=O)NN)CC1N(C)C. The number of amides is 1. The second kappa shape index (κ2) is 6.93. The van der Waals surface area contributed by atoms with Gasteiger partial charge in [-0.15, -0.1) is 0 Å². The summed E-state index contributed by atoms with van der Waals surface area (Å²) in [4.78, 5) is 15.8. The van der Waals surface area contributed by atoms with Crippen LogP contribution in [0.5, 0.6) is 0 Å². The molecule has 1 aliphatic heterocycles. The lowest BCUT2D eigenvalue weighted by Gasteiger charge is -2.22. The molecule has 0 saturated carbocycles. The number of nitrogens with zero attached hydrogens (tertiary/aromatic N) is 2. The fourth-order valence-corrected chi connectivity index (χ4v) is 2.60. The normalized spacial score (nSPS) is 25.5. The number of hydrazine groups is 1. The number of nitrogens with two attached hydrogens (primary N) is 1. The van der Waals surface area contributed by atoms with Gasteiger partial charge in [-0.1, -0.05) is 6.92 Å². The summed E-state index contributed by atoms with van der Waals surface area (Å²) in [6.45, 7) is 5.72. The van der Waals surface area contributed by atoms with E-state index in [-0.39, 0.29) is 5.91 Å². The van der Waals surface area contributed by atoms with Gasteiger partial charge in [0.05, 0.1) is 0 Å². The summed E-state index contributed by atoms with van der Waals surface area (Å²) in [6.07, 6.45) is 2.53. The van der Waals surface area contributed by atoms with Crippen molar-refractivity contribution in [3.05, 3.63) is 0 Å². The van der Waals surface area contributed by atoms with Gasteiger partial charge in [0.25, 0.3) is 0 Å². The molecule has 100 valence electrons. The average Bonchev–Trinajstić information content (AvgIpc) is 2.65. The summed E-state index contributed by atoms with van der Waals surface area (Å²) in [5.41, 5.74) is 2.16. The highest BCUT2D eigenvalue weighted by molar-refractivity contribution is 5.75. The van der Waals surface area contributed by atoms with Crippen LogP contribution < -0.4 is 11.3 Å². The van der Waals surface area contributed by atoms with E-state index in [1.54, 1.807) is 0 Å². The van der Waals surface area contributed by atoms with Gasteiger partial charge >= 0.3 is 0 Å². The molecule has 17 heavy (non-hydrogen) atoms. The maximum atomic E-state index is 10.9. The maximum absolute atomic E-state index is 10.9. The molecule has 5 nitrogen and oxygen atoms in total. The summed E-state index contributed by atoms with van der Waals surface area (Å²) < 4.78 is 0. The number of carbonyl (C=O) groups is 1. The van der Waals surface area contributed by atoms with E-state index >= 15 is 0 Å². The zero-order valence-corrected chi connectivity index (χ0v) is 11.3. The second-order valence-corrected chi connectivity index (χ2v) is 5.29. The van der Waals surface area contributed by atoms with Crippen molar-refractivity contribution >= 4 is 5.91 Å². The van der Waals surface area contributed by atoms with Gasteiger partial charge in [-0.2, -0.15) is 0 Å². The highest BCUT2D eigenvalue weighted by atomic mass is 16.2. The summed E-state index contributed by atoms with van der Waals surface area (Å²) in [5.74, 6) is 5.70. The van der Waals surface area contributed by atoms with Crippen LogP contribution in [-0.2, 0) is 4.79 Å². The van der Waals surface area contributed by atoms with Gasteiger partial charge in [-0.3, -0.25) is 10.2 Å².